The normalized spacial score (nSPS) is 10.7. The highest BCUT2D eigenvalue weighted by Crippen LogP contribution is 2.22. The maximum Gasteiger partial charge on any atom is 0.216 e. The van der Waals surface area contributed by atoms with Crippen molar-refractivity contribution < 1.29 is 4.74 Å². The summed E-state index contributed by atoms with van der Waals surface area (Å²) in [4.78, 5) is 1.20. The molecule has 2 N–H and O–H groups in total. The lowest BCUT2D eigenvalue weighted by Crippen LogP contribution is -2.04. The SMILES string of the molecule is Cc1nn(C)c(OCc2cccs2)c1CN. The first kappa shape index (κ1) is 11.2. The molecule has 5 heteroatoms. The third-order valence-electron chi connectivity index (χ3n) is 2.42. The fourth-order valence-electron chi connectivity index (χ4n) is 1.63. The maximum atomic E-state index is 5.75. The average molecular weight is 237 g/mol. The molecule has 2 rings (SSSR count). The van der Waals surface area contributed by atoms with E-state index in [0.29, 0.717) is 13.2 Å². The van der Waals surface area contributed by atoms with Crippen molar-refractivity contribution in [1.82, 2.24) is 9.78 Å². The standard InChI is InChI=1S/C11H15N3OS/c1-8-10(6-12)11(14(2)13-8)15-7-9-4-3-5-16-9/h3-5H,6-7,12H2,1-2H3. The van der Waals surface area contributed by atoms with Crippen molar-refractivity contribution in [3.05, 3.63) is 33.6 Å². The van der Waals surface area contributed by atoms with Crippen molar-refractivity contribution >= 4 is 11.3 Å². The Morgan fingerprint density at radius 3 is 3.00 bits per heavy atom. The molecule has 2 aromatic rings. The van der Waals surface area contributed by atoms with Crippen molar-refractivity contribution in [2.24, 2.45) is 12.8 Å². The van der Waals surface area contributed by atoms with Crippen molar-refractivity contribution in [3.63, 3.8) is 0 Å². The van der Waals surface area contributed by atoms with Crippen LogP contribution in [0.1, 0.15) is 16.1 Å². The van der Waals surface area contributed by atoms with E-state index < -0.39 is 0 Å². The van der Waals surface area contributed by atoms with Gasteiger partial charge in [0.15, 0.2) is 0 Å². The molecule has 0 aliphatic carbocycles. The van der Waals surface area contributed by atoms with Gasteiger partial charge in [-0.1, -0.05) is 6.07 Å². The molecule has 86 valence electrons. The molecule has 0 aromatic carbocycles. The predicted molar refractivity (Wildman–Crippen MR) is 64.5 cm³/mol. The number of hydrogen-bond donors (Lipinski definition) is 1. The van der Waals surface area contributed by atoms with Gasteiger partial charge in [0, 0.05) is 18.5 Å². The van der Waals surface area contributed by atoms with Crippen LogP contribution in [-0.4, -0.2) is 9.78 Å². The van der Waals surface area contributed by atoms with E-state index in [1.54, 1.807) is 16.0 Å². The van der Waals surface area contributed by atoms with Gasteiger partial charge < -0.3 is 10.5 Å². The van der Waals surface area contributed by atoms with Gasteiger partial charge in [-0.15, -0.1) is 11.3 Å². The molecule has 0 aliphatic heterocycles. The van der Waals surface area contributed by atoms with Gasteiger partial charge >= 0.3 is 0 Å². The molecule has 0 saturated carbocycles. The molecule has 0 fully saturated rings. The van der Waals surface area contributed by atoms with E-state index in [1.807, 2.05) is 25.4 Å². The van der Waals surface area contributed by atoms with Gasteiger partial charge in [0.2, 0.25) is 5.88 Å². The highest BCUT2D eigenvalue weighted by Gasteiger charge is 2.13. The van der Waals surface area contributed by atoms with E-state index >= 15 is 0 Å². The van der Waals surface area contributed by atoms with Gasteiger partial charge in [0.25, 0.3) is 0 Å². The Balaban J connectivity index is 2.14. The minimum absolute atomic E-state index is 0.458. The van der Waals surface area contributed by atoms with E-state index in [1.165, 1.54) is 4.88 Å². The van der Waals surface area contributed by atoms with Crippen LogP contribution in [0.5, 0.6) is 5.88 Å². The Labute approximate surface area is 98.6 Å². The van der Waals surface area contributed by atoms with Crippen LogP contribution in [0.2, 0.25) is 0 Å². The lowest BCUT2D eigenvalue weighted by molar-refractivity contribution is 0.279. The summed E-state index contributed by atoms with van der Waals surface area (Å²) in [6.45, 7) is 2.98. The summed E-state index contributed by atoms with van der Waals surface area (Å²) in [6.07, 6.45) is 0. The molecule has 0 bridgehead atoms. The third-order valence-corrected chi connectivity index (χ3v) is 3.27. The molecule has 0 atom stereocenters. The second kappa shape index (κ2) is 4.67. The number of nitrogens with zero attached hydrogens (tertiary/aromatic N) is 2. The Morgan fingerprint density at radius 1 is 1.56 bits per heavy atom. The summed E-state index contributed by atoms with van der Waals surface area (Å²) in [5, 5.41) is 6.34. The largest absolute Gasteiger partial charge is 0.472 e. The molecule has 0 spiro atoms. The van der Waals surface area contributed by atoms with Crippen LogP contribution >= 0.6 is 11.3 Å². The highest BCUT2D eigenvalue weighted by atomic mass is 32.1. The summed E-state index contributed by atoms with van der Waals surface area (Å²) in [6, 6.07) is 4.07. The minimum atomic E-state index is 0.458. The average Bonchev–Trinajstić information content (AvgIpc) is 2.83. The van der Waals surface area contributed by atoms with Gasteiger partial charge in [-0.2, -0.15) is 5.10 Å². The Morgan fingerprint density at radius 2 is 2.38 bits per heavy atom. The van der Waals surface area contributed by atoms with Crippen LogP contribution in [0.4, 0.5) is 0 Å². The minimum Gasteiger partial charge on any atom is -0.472 e. The first-order valence-electron chi connectivity index (χ1n) is 5.10. The second-order valence-electron chi connectivity index (χ2n) is 3.56. The summed E-state index contributed by atoms with van der Waals surface area (Å²) >= 11 is 1.68. The van der Waals surface area contributed by atoms with Gasteiger partial charge in [0.05, 0.1) is 11.3 Å². The molecular weight excluding hydrogens is 222 g/mol. The smallest absolute Gasteiger partial charge is 0.216 e. The lowest BCUT2D eigenvalue weighted by atomic mass is 10.2. The van der Waals surface area contributed by atoms with Crippen LogP contribution in [0, 0.1) is 6.92 Å². The first-order chi connectivity index (χ1) is 7.72. The molecule has 16 heavy (non-hydrogen) atoms. The number of thiophene rings is 1. The van der Waals surface area contributed by atoms with Crippen molar-refractivity contribution in [2.75, 3.05) is 0 Å². The zero-order chi connectivity index (χ0) is 11.5. The second-order valence-corrected chi connectivity index (χ2v) is 4.60. The zero-order valence-corrected chi connectivity index (χ0v) is 10.3. The van der Waals surface area contributed by atoms with E-state index in [-0.39, 0.29) is 0 Å². The van der Waals surface area contributed by atoms with Crippen LogP contribution in [0.3, 0.4) is 0 Å². The summed E-state index contributed by atoms with van der Waals surface area (Å²) in [5.74, 6) is 0.772. The van der Waals surface area contributed by atoms with Gasteiger partial charge in [0.1, 0.15) is 6.61 Å². The Bertz CT molecular complexity index is 462. The van der Waals surface area contributed by atoms with E-state index in [4.69, 9.17) is 10.5 Å². The summed E-state index contributed by atoms with van der Waals surface area (Å²) in [5.41, 5.74) is 7.60. The predicted octanol–water partition coefficient (Wildman–Crippen LogP) is 1.83. The van der Waals surface area contributed by atoms with Crippen LogP contribution < -0.4 is 10.5 Å². The number of nitrogens with two attached hydrogens (primary N) is 1. The van der Waals surface area contributed by atoms with Gasteiger partial charge in [-0.3, -0.25) is 0 Å². The zero-order valence-electron chi connectivity index (χ0n) is 9.43. The fraction of sp³-hybridized carbons (Fsp3) is 0.364. The highest BCUT2D eigenvalue weighted by molar-refractivity contribution is 7.09. The molecule has 0 saturated heterocycles. The van der Waals surface area contributed by atoms with Crippen molar-refractivity contribution in [2.45, 2.75) is 20.1 Å². The molecule has 2 aromatic heterocycles. The van der Waals surface area contributed by atoms with E-state index in [9.17, 15) is 0 Å². The number of rotatable bonds is 4. The van der Waals surface area contributed by atoms with Gasteiger partial charge in [-0.25, -0.2) is 4.68 Å². The maximum absolute atomic E-state index is 5.75. The molecule has 2 heterocycles. The Kier molecular flexibility index (Phi) is 3.26. The number of ether oxygens (including phenoxy) is 1. The molecule has 0 radical (unpaired) electrons. The van der Waals surface area contributed by atoms with Crippen LogP contribution in [-0.2, 0) is 20.2 Å². The van der Waals surface area contributed by atoms with Crippen molar-refractivity contribution in [1.29, 1.82) is 0 Å². The topological polar surface area (TPSA) is 53.1 Å². The quantitative estimate of drug-likeness (QED) is 0.882. The molecule has 0 aliphatic rings. The van der Waals surface area contributed by atoms with Crippen LogP contribution in [0.25, 0.3) is 0 Å². The molecular formula is C11H15N3OS. The van der Waals surface area contributed by atoms with E-state index in [0.717, 1.165) is 17.1 Å². The number of aromatic nitrogens is 2. The molecule has 0 amide bonds. The Hall–Kier alpha value is -1.33. The summed E-state index contributed by atoms with van der Waals surface area (Å²) < 4.78 is 7.50. The monoisotopic (exact) mass is 237 g/mol. The first-order valence-corrected chi connectivity index (χ1v) is 5.98. The lowest BCUT2D eigenvalue weighted by Gasteiger charge is -2.06. The third kappa shape index (κ3) is 2.10. The fourth-order valence-corrected chi connectivity index (χ4v) is 2.25. The van der Waals surface area contributed by atoms with Crippen molar-refractivity contribution in [3.8, 4) is 5.88 Å². The summed E-state index contributed by atoms with van der Waals surface area (Å²) in [7, 11) is 1.87. The van der Waals surface area contributed by atoms with Crippen LogP contribution in [0.15, 0.2) is 17.5 Å². The number of hydrogen-bond acceptors (Lipinski definition) is 4. The molecule has 0 unspecified atom stereocenters. The van der Waals surface area contributed by atoms with E-state index in [2.05, 4.69) is 11.2 Å². The number of aryl methyl sites for hydroxylation is 2. The van der Waals surface area contributed by atoms with Gasteiger partial charge in [-0.05, 0) is 18.4 Å². The molecule has 4 nitrogen and oxygen atoms in total.